The number of fused-ring (bicyclic) bond motifs is 1. The van der Waals surface area contributed by atoms with Gasteiger partial charge < -0.3 is 4.74 Å². The number of hydrogen-bond donors (Lipinski definition) is 1. The van der Waals surface area contributed by atoms with E-state index in [9.17, 15) is 9.18 Å². The highest BCUT2D eigenvalue weighted by atomic mass is 32.2. The van der Waals surface area contributed by atoms with Crippen molar-refractivity contribution in [3.05, 3.63) is 60.8 Å². The van der Waals surface area contributed by atoms with Gasteiger partial charge in [0.2, 0.25) is 11.9 Å². The number of hydrogen-bond acceptors (Lipinski definition) is 7. The lowest BCUT2D eigenvalue weighted by atomic mass is 10.1. The Labute approximate surface area is 169 Å². The van der Waals surface area contributed by atoms with E-state index in [2.05, 4.69) is 25.4 Å². The molecule has 1 amide bonds. The monoisotopic (exact) mass is 410 g/mol. The van der Waals surface area contributed by atoms with Gasteiger partial charge in [-0.15, -0.1) is 5.10 Å². The minimum Gasteiger partial charge on any atom is -0.496 e. The Morgan fingerprint density at radius 2 is 2.03 bits per heavy atom. The van der Waals surface area contributed by atoms with Crippen LogP contribution in [0.2, 0.25) is 0 Å². The molecule has 4 rings (SSSR count). The van der Waals surface area contributed by atoms with Gasteiger partial charge in [-0.25, -0.2) is 18.9 Å². The Morgan fingerprint density at radius 3 is 2.83 bits per heavy atom. The Hall–Kier alpha value is -3.53. The van der Waals surface area contributed by atoms with Crippen LogP contribution < -0.4 is 10.1 Å². The molecule has 0 unspecified atom stereocenters. The zero-order chi connectivity index (χ0) is 20.2. The molecule has 0 saturated heterocycles. The average Bonchev–Trinajstić information content (AvgIpc) is 3.14. The predicted octanol–water partition coefficient (Wildman–Crippen LogP) is 3.06. The number of anilines is 1. The maximum Gasteiger partial charge on any atom is 0.249 e. The molecule has 4 aromatic rings. The molecule has 3 aromatic heterocycles. The Bertz CT molecular complexity index is 1170. The summed E-state index contributed by atoms with van der Waals surface area (Å²) in [6.07, 6.45) is 4.85. The minimum absolute atomic E-state index is 0.122. The van der Waals surface area contributed by atoms with Crippen molar-refractivity contribution >= 4 is 29.3 Å². The number of thioether (sulfide) groups is 1. The number of ether oxygens (including phenoxy) is 1. The summed E-state index contributed by atoms with van der Waals surface area (Å²) in [5, 5.41) is 7.39. The quantitative estimate of drug-likeness (QED) is 0.386. The van der Waals surface area contributed by atoms with E-state index in [1.165, 1.54) is 29.5 Å². The molecule has 0 spiro atoms. The topological polar surface area (TPSA) is 94.3 Å². The molecule has 1 N–H and O–H groups in total. The van der Waals surface area contributed by atoms with Gasteiger partial charge in [-0.05, 0) is 30.3 Å². The SMILES string of the molecule is COc1cccc(F)c1-c1ccc2nc(NC(=O)CSc3ncccn3)nn2c1. The van der Waals surface area contributed by atoms with Crippen molar-refractivity contribution in [1.82, 2.24) is 24.6 Å². The largest absolute Gasteiger partial charge is 0.496 e. The molecule has 29 heavy (non-hydrogen) atoms. The first-order valence-electron chi connectivity index (χ1n) is 8.53. The standard InChI is InChI=1S/C19H15FN6O2S/c1-28-14-5-2-4-13(20)17(14)12-6-7-15-23-18(25-26(15)10-12)24-16(27)11-29-19-21-8-3-9-22-19/h2-10H,11H2,1H3,(H,24,25,27). The number of carbonyl (C=O) groups excluding carboxylic acids is 1. The second-order valence-electron chi connectivity index (χ2n) is 5.84. The van der Waals surface area contributed by atoms with Gasteiger partial charge in [-0.2, -0.15) is 4.98 Å². The summed E-state index contributed by atoms with van der Waals surface area (Å²) in [5.74, 6) is 0.00396. The molecule has 3 heterocycles. The number of rotatable bonds is 6. The first kappa shape index (κ1) is 18.8. The summed E-state index contributed by atoms with van der Waals surface area (Å²) >= 11 is 1.21. The second-order valence-corrected chi connectivity index (χ2v) is 6.78. The van der Waals surface area contributed by atoms with E-state index in [0.717, 1.165) is 0 Å². The lowest BCUT2D eigenvalue weighted by molar-refractivity contribution is -0.113. The van der Waals surface area contributed by atoms with E-state index in [-0.39, 0.29) is 17.6 Å². The van der Waals surface area contributed by atoms with Crippen molar-refractivity contribution in [2.45, 2.75) is 5.16 Å². The molecule has 0 radical (unpaired) electrons. The normalized spacial score (nSPS) is 10.8. The lowest BCUT2D eigenvalue weighted by Crippen LogP contribution is -2.15. The van der Waals surface area contributed by atoms with Crippen LogP contribution in [0.1, 0.15) is 0 Å². The van der Waals surface area contributed by atoms with Crippen molar-refractivity contribution in [2.24, 2.45) is 0 Å². The van der Waals surface area contributed by atoms with Crippen LogP contribution in [0.25, 0.3) is 16.8 Å². The predicted molar refractivity (Wildman–Crippen MR) is 106 cm³/mol. The molecule has 0 aliphatic heterocycles. The molecule has 146 valence electrons. The fraction of sp³-hybridized carbons (Fsp3) is 0.105. The lowest BCUT2D eigenvalue weighted by Gasteiger charge is -2.09. The summed E-state index contributed by atoms with van der Waals surface area (Å²) < 4.78 is 21.1. The molecule has 1 aromatic carbocycles. The fourth-order valence-electron chi connectivity index (χ4n) is 2.69. The van der Waals surface area contributed by atoms with Gasteiger partial charge in [0.05, 0.1) is 18.4 Å². The number of methoxy groups -OCH3 is 1. The van der Waals surface area contributed by atoms with Crippen LogP contribution in [0.3, 0.4) is 0 Å². The third kappa shape index (κ3) is 4.16. The van der Waals surface area contributed by atoms with E-state index in [1.54, 1.807) is 48.9 Å². The van der Waals surface area contributed by atoms with Crippen LogP contribution in [0.5, 0.6) is 5.75 Å². The number of halogens is 1. The summed E-state index contributed by atoms with van der Waals surface area (Å²) in [7, 11) is 1.48. The van der Waals surface area contributed by atoms with Gasteiger partial charge in [0.25, 0.3) is 0 Å². The number of benzene rings is 1. The van der Waals surface area contributed by atoms with Crippen LogP contribution in [0, 0.1) is 5.82 Å². The molecule has 8 nitrogen and oxygen atoms in total. The zero-order valence-corrected chi connectivity index (χ0v) is 16.1. The van der Waals surface area contributed by atoms with Gasteiger partial charge in [-0.1, -0.05) is 17.8 Å². The fourth-order valence-corrected chi connectivity index (χ4v) is 3.29. The molecule has 0 fully saturated rings. The summed E-state index contributed by atoms with van der Waals surface area (Å²) in [4.78, 5) is 24.5. The number of amides is 1. The number of carbonyl (C=O) groups is 1. The molecule has 0 bridgehead atoms. The van der Waals surface area contributed by atoms with Crippen molar-refractivity contribution in [1.29, 1.82) is 0 Å². The first-order valence-corrected chi connectivity index (χ1v) is 9.51. The zero-order valence-electron chi connectivity index (χ0n) is 15.2. The van der Waals surface area contributed by atoms with Gasteiger partial charge in [-0.3, -0.25) is 10.1 Å². The molecule has 0 aliphatic rings. The summed E-state index contributed by atoms with van der Waals surface area (Å²) in [6.45, 7) is 0. The number of pyridine rings is 1. The molecule has 0 atom stereocenters. The van der Waals surface area contributed by atoms with Gasteiger partial charge in [0.15, 0.2) is 10.8 Å². The van der Waals surface area contributed by atoms with Crippen LogP contribution in [-0.4, -0.2) is 43.3 Å². The van der Waals surface area contributed by atoms with E-state index in [1.807, 2.05) is 0 Å². The molecule has 10 heteroatoms. The third-order valence-electron chi connectivity index (χ3n) is 3.94. The number of nitrogens with zero attached hydrogens (tertiary/aromatic N) is 5. The minimum atomic E-state index is -0.405. The summed E-state index contributed by atoms with van der Waals surface area (Å²) in [5.41, 5.74) is 1.42. The van der Waals surface area contributed by atoms with E-state index < -0.39 is 5.82 Å². The molecule has 0 saturated carbocycles. The van der Waals surface area contributed by atoms with Gasteiger partial charge >= 0.3 is 0 Å². The Morgan fingerprint density at radius 1 is 1.21 bits per heavy atom. The van der Waals surface area contributed by atoms with E-state index in [4.69, 9.17) is 4.74 Å². The van der Waals surface area contributed by atoms with Crippen LogP contribution in [0.15, 0.2) is 60.1 Å². The molecule has 0 aliphatic carbocycles. The van der Waals surface area contributed by atoms with E-state index >= 15 is 0 Å². The van der Waals surface area contributed by atoms with Crippen molar-refractivity contribution < 1.29 is 13.9 Å². The highest BCUT2D eigenvalue weighted by Gasteiger charge is 2.14. The third-order valence-corrected chi connectivity index (χ3v) is 4.82. The maximum absolute atomic E-state index is 14.3. The highest BCUT2D eigenvalue weighted by Crippen LogP contribution is 2.32. The summed E-state index contributed by atoms with van der Waals surface area (Å²) in [6, 6.07) is 9.75. The van der Waals surface area contributed by atoms with Crippen LogP contribution in [-0.2, 0) is 4.79 Å². The number of nitrogens with one attached hydrogen (secondary N) is 1. The second kappa shape index (κ2) is 8.23. The van der Waals surface area contributed by atoms with E-state index in [0.29, 0.717) is 27.7 Å². The van der Waals surface area contributed by atoms with Crippen LogP contribution in [0.4, 0.5) is 10.3 Å². The van der Waals surface area contributed by atoms with Gasteiger partial charge in [0.1, 0.15) is 11.6 Å². The van der Waals surface area contributed by atoms with Crippen molar-refractivity contribution in [3.63, 3.8) is 0 Å². The van der Waals surface area contributed by atoms with Crippen molar-refractivity contribution in [2.75, 3.05) is 18.2 Å². The molecular weight excluding hydrogens is 395 g/mol. The Balaban J connectivity index is 1.52. The Kier molecular flexibility index (Phi) is 5.34. The number of aromatic nitrogens is 5. The smallest absolute Gasteiger partial charge is 0.249 e. The maximum atomic E-state index is 14.3. The average molecular weight is 410 g/mol. The highest BCUT2D eigenvalue weighted by molar-refractivity contribution is 7.99. The van der Waals surface area contributed by atoms with Gasteiger partial charge in [0, 0.05) is 24.2 Å². The molecular formula is C19H15FN6O2S. The van der Waals surface area contributed by atoms with Crippen LogP contribution >= 0.6 is 11.8 Å². The first-order chi connectivity index (χ1) is 14.1. The van der Waals surface area contributed by atoms with Crippen molar-refractivity contribution in [3.8, 4) is 16.9 Å².